The summed E-state index contributed by atoms with van der Waals surface area (Å²) in [4.78, 5) is 27.6. The number of hydrogen-bond acceptors (Lipinski definition) is 4. The van der Waals surface area contributed by atoms with Gasteiger partial charge in [-0.05, 0) is 62.6 Å². The van der Waals surface area contributed by atoms with Crippen molar-refractivity contribution in [3.63, 3.8) is 0 Å². The van der Waals surface area contributed by atoms with E-state index in [1.807, 2.05) is 38.1 Å². The first-order chi connectivity index (χ1) is 17.6. The molecule has 0 aliphatic heterocycles. The molecule has 2 amide bonds. The number of anilines is 1. The second-order valence-corrected chi connectivity index (χ2v) is 12.0. The number of carbonyl (C=O) groups is 2. The summed E-state index contributed by atoms with van der Waals surface area (Å²) in [5, 5.41) is 2.87. The standard InChI is InChI=1S/C26H33BrF3N3O4S/c1-5-18(2)31-25(35)19(3)32(17-20-9-6-11-22(27)15-20)24(34)13-8-14-33(38(4,36)37)23-12-7-10-21(16-23)26(28,29)30/h6-7,9-12,15-16,18-19H,5,8,13-14,17H2,1-4H3,(H,31,35)/t18-,19+/m1/s1. The molecule has 0 unspecified atom stereocenters. The van der Waals surface area contributed by atoms with E-state index in [4.69, 9.17) is 0 Å². The van der Waals surface area contributed by atoms with Crippen LogP contribution in [0.15, 0.2) is 53.0 Å². The Morgan fingerprint density at radius 2 is 1.74 bits per heavy atom. The molecule has 12 heteroatoms. The highest BCUT2D eigenvalue weighted by molar-refractivity contribution is 9.10. The first-order valence-electron chi connectivity index (χ1n) is 12.1. The van der Waals surface area contributed by atoms with E-state index in [-0.39, 0.29) is 49.5 Å². The largest absolute Gasteiger partial charge is 0.416 e. The molecule has 0 spiro atoms. The van der Waals surface area contributed by atoms with Gasteiger partial charge >= 0.3 is 6.18 Å². The Morgan fingerprint density at radius 1 is 1.08 bits per heavy atom. The molecule has 38 heavy (non-hydrogen) atoms. The van der Waals surface area contributed by atoms with Crippen LogP contribution in [-0.4, -0.2) is 50.0 Å². The summed E-state index contributed by atoms with van der Waals surface area (Å²) in [6.45, 7) is 5.36. The predicted molar refractivity (Wildman–Crippen MR) is 145 cm³/mol. The monoisotopic (exact) mass is 619 g/mol. The van der Waals surface area contributed by atoms with Crippen LogP contribution in [0.1, 0.15) is 51.2 Å². The molecule has 2 aromatic rings. The van der Waals surface area contributed by atoms with Gasteiger partial charge < -0.3 is 10.2 Å². The summed E-state index contributed by atoms with van der Waals surface area (Å²) in [6, 6.07) is 10.5. The summed E-state index contributed by atoms with van der Waals surface area (Å²) in [6.07, 6.45) is -3.09. The van der Waals surface area contributed by atoms with E-state index in [9.17, 15) is 31.2 Å². The van der Waals surface area contributed by atoms with Gasteiger partial charge in [-0.15, -0.1) is 0 Å². The molecule has 1 N–H and O–H groups in total. The third-order valence-corrected chi connectivity index (χ3v) is 7.71. The lowest BCUT2D eigenvalue weighted by Gasteiger charge is -2.30. The van der Waals surface area contributed by atoms with Crippen molar-refractivity contribution in [1.29, 1.82) is 0 Å². The van der Waals surface area contributed by atoms with Gasteiger partial charge in [-0.1, -0.05) is 41.1 Å². The quantitative estimate of drug-likeness (QED) is 0.347. The minimum atomic E-state index is -4.63. The highest BCUT2D eigenvalue weighted by Gasteiger charge is 2.32. The third kappa shape index (κ3) is 9.30. The normalized spacial score (nSPS) is 13.5. The van der Waals surface area contributed by atoms with Crippen LogP contribution >= 0.6 is 15.9 Å². The highest BCUT2D eigenvalue weighted by Crippen LogP contribution is 2.32. The number of halogens is 4. The Bertz CT molecular complexity index is 1220. The minimum absolute atomic E-state index is 0.0385. The lowest BCUT2D eigenvalue weighted by molar-refractivity contribution is -0.140. The maximum atomic E-state index is 13.3. The topological polar surface area (TPSA) is 86.8 Å². The number of amides is 2. The molecule has 210 valence electrons. The van der Waals surface area contributed by atoms with E-state index < -0.39 is 27.8 Å². The number of alkyl halides is 3. The summed E-state index contributed by atoms with van der Waals surface area (Å²) >= 11 is 3.40. The number of hydrogen-bond donors (Lipinski definition) is 1. The molecule has 0 aliphatic rings. The van der Waals surface area contributed by atoms with Crippen molar-refractivity contribution in [3.8, 4) is 0 Å². The summed E-state index contributed by atoms with van der Waals surface area (Å²) in [7, 11) is -3.93. The first-order valence-corrected chi connectivity index (χ1v) is 14.8. The zero-order valence-corrected chi connectivity index (χ0v) is 24.2. The number of rotatable bonds is 12. The Morgan fingerprint density at radius 3 is 2.32 bits per heavy atom. The van der Waals surface area contributed by atoms with Gasteiger partial charge in [-0.25, -0.2) is 8.42 Å². The lowest BCUT2D eigenvalue weighted by Crippen LogP contribution is -2.49. The van der Waals surface area contributed by atoms with E-state index in [2.05, 4.69) is 21.2 Å². The second kappa shape index (κ2) is 13.5. The van der Waals surface area contributed by atoms with Crippen LogP contribution in [0, 0.1) is 0 Å². The summed E-state index contributed by atoms with van der Waals surface area (Å²) in [5.74, 6) is -0.696. The smallest absolute Gasteiger partial charge is 0.352 e. The number of nitrogens with zero attached hydrogens (tertiary/aromatic N) is 2. The average molecular weight is 621 g/mol. The third-order valence-electron chi connectivity index (χ3n) is 6.02. The Hall–Kier alpha value is -2.60. The molecular weight excluding hydrogens is 587 g/mol. The average Bonchev–Trinajstić information content (AvgIpc) is 2.83. The molecule has 2 rings (SSSR count). The van der Waals surface area contributed by atoms with Crippen molar-refractivity contribution >= 4 is 43.5 Å². The van der Waals surface area contributed by atoms with Gasteiger partial charge in [0.25, 0.3) is 0 Å². The van der Waals surface area contributed by atoms with Crippen molar-refractivity contribution < 1.29 is 31.2 Å². The number of sulfonamides is 1. The molecule has 0 aromatic heterocycles. The van der Waals surface area contributed by atoms with Gasteiger partial charge in [0.05, 0.1) is 17.5 Å². The summed E-state index contributed by atoms with van der Waals surface area (Å²) in [5.41, 5.74) is -0.319. The van der Waals surface area contributed by atoms with Crippen LogP contribution in [-0.2, 0) is 32.3 Å². The molecule has 0 heterocycles. The van der Waals surface area contributed by atoms with Gasteiger partial charge in [0.15, 0.2) is 0 Å². The van der Waals surface area contributed by atoms with Gasteiger partial charge in [0, 0.05) is 30.0 Å². The molecule has 2 atom stereocenters. The van der Waals surface area contributed by atoms with Crippen LogP contribution in [0.5, 0.6) is 0 Å². The van der Waals surface area contributed by atoms with Crippen LogP contribution in [0.4, 0.5) is 18.9 Å². The maximum absolute atomic E-state index is 13.3. The van der Waals surface area contributed by atoms with Gasteiger partial charge in [-0.3, -0.25) is 13.9 Å². The van der Waals surface area contributed by atoms with Crippen LogP contribution < -0.4 is 9.62 Å². The molecule has 7 nitrogen and oxygen atoms in total. The Labute approximate surface area is 230 Å². The van der Waals surface area contributed by atoms with Gasteiger partial charge in [0.2, 0.25) is 21.8 Å². The fourth-order valence-electron chi connectivity index (χ4n) is 3.72. The van der Waals surface area contributed by atoms with Crippen LogP contribution in [0.3, 0.4) is 0 Å². The first kappa shape index (κ1) is 31.6. The number of nitrogens with one attached hydrogen (secondary N) is 1. The van der Waals surface area contributed by atoms with Crippen molar-refractivity contribution in [2.45, 2.75) is 64.8 Å². The molecule has 0 saturated carbocycles. The Balaban J connectivity index is 2.22. The molecule has 0 saturated heterocycles. The zero-order chi connectivity index (χ0) is 28.7. The molecule has 0 bridgehead atoms. The van der Waals surface area contributed by atoms with Crippen molar-refractivity contribution in [2.75, 3.05) is 17.1 Å². The molecule has 0 radical (unpaired) electrons. The lowest BCUT2D eigenvalue weighted by atomic mass is 10.1. The van der Waals surface area contributed by atoms with E-state index >= 15 is 0 Å². The van der Waals surface area contributed by atoms with Crippen LogP contribution in [0.2, 0.25) is 0 Å². The molecular formula is C26H33BrF3N3O4S. The SMILES string of the molecule is CC[C@@H](C)NC(=O)[C@H](C)N(Cc1cccc(Br)c1)C(=O)CCCN(c1cccc(C(F)(F)F)c1)S(C)(=O)=O. The predicted octanol–water partition coefficient (Wildman–Crippen LogP) is 5.35. The van der Waals surface area contributed by atoms with E-state index in [1.165, 1.54) is 11.0 Å². The second-order valence-electron chi connectivity index (χ2n) is 9.13. The Kier molecular flexibility index (Phi) is 11.2. The van der Waals surface area contributed by atoms with E-state index in [1.54, 1.807) is 6.92 Å². The fourth-order valence-corrected chi connectivity index (χ4v) is 5.13. The molecule has 2 aromatic carbocycles. The number of carbonyl (C=O) groups excluding carboxylic acids is 2. The van der Waals surface area contributed by atoms with E-state index in [0.29, 0.717) is 0 Å². The van der Waals surface area contributed by atoms with Gasteiger partial charge in [-0.2, -0.15) is 13.2 Å². The maximum Gasteiger partial charge on any atom is 0.416 e. The van der Waals surface area contributed by atoms with Crippen molar-refractivity contribution in [3.05, 3.63) is 64.1 Å². The molecule has 0 aliphatic carbocycles. The van der Waals surface area contributed by atoms with Crippen molar-refractivity contribution in [2.24, 2.45) is 0 Å². The van der Waals surface area contributed by atoms with E-state index in [0.717, 1.165) is 45.2 Å². The van der Waals surface area contributed by atoms with Gasteiger partial charge in [0.1, 0.15) is 6.04 Å². The van der Waals surface area contributed by atoms with Crippen molar-refractivity contribution in [1.82, 2.24) is 10.2 Å². The number of benzene rings is 2. The zero-order valence-electron chi connectivity index (χ0n) is 21.8. The fraction of sp³-hybridized carbons (Fsp3) is 0.462. The highest BCUT2D eigenvalue weighted by atomic mass is 79.9. The van der Waals surface area contributed by atoms with Crippen LogP contribution in [0.25, 0.3) is 0 Å². The minimum Gasteiger partial charge on any atom is -0.352 e. The summed E-state index contributed by atoms with van der Waals surface area (Å²) < 4.78 is 66.0. The molecule has 0 fully saturated rings.